The molecule has 0 atom stereocenters. The molecule has 0 radical (unpaired) electrons. The van der Waals surface area contributed by atoms with Crippen LogP contribution < -0.4 is 22.7 Å². The zero-order valence-electron chi connectivity index (χ0n) is 7.46. The van der Waals surface area contributed by atoms with E-state index in [1.165, 1.54) is 0 Å². The molecule has 0 aromatic rings. The van der Waals surface area contributed by atoms with Gasteiger partial charge in [-0.15, -0.1) is 0 Å². The molecule has 0 aromatic carbocycles. The number of nitrogens with two attached hydrogens (primary N) is 3. The van der Waals surface area contributed by atoms with Crippen LogP contribution in [0.15, 0.2) is 23.7 Å². The highest BCUT2D eigenvalue weighted by atomic mass is 16.5. The van der Waals surface area contributed by atoms with E-state index in [1.54, 1.807) is 6.92 Å². The SMILES string of the molecule is C=C(N)/C(C(=O)OCC)=C(/N)NN. The van der Waals surface area contributed by atoms with Gasteiger partial charge in [-0.25, -0.2) is 10.6 Å². The number of rotatable bonds is 4. The molecule has 0 saturated carbocycles. The number of carbonyl (C=O) groups excluding carboxylic acids is 1. The number of nitrogens with one attached hydrogen (secondary N) is 1. The van der Waals surface area contributed by atoms with Crippen molar-refractivity contribution in [2.45, 2.75) is 6.92 Å². The Morgan fingerprint density at radius 1 is 1.54 bits per heavy atom. The van der Waals surface area contributed by atoms with Gasteiger partial charge >= 0.3 is 5.97 Å². The molecule has 0 spiro atoms. The van der Waals surface area contributed by atoms with Crippen LogP contribution in [-0.4, -0.2) is 12.6 Å². The van der Waals surface area contributed by atoms with E-state index < -0.39 is 5.97 Å². The van der Waals surface area contributed by atoms with Crippen LogP contribution in [0, 0.1) is 0 Å². The molecule has 0 aliphatic carbocycles. The van der Waals surface area contributed by atoms with Gasteiger partial charge in [0.1, 0.15) is 11.4 Å². The standard InChI is InChI=1S/C7H14N4O2/c1-3-13-7(12)5(4(2)8)6(9)11-10/h11H,2-3,8-10H2,1H3/b6-5+. The summed E-state index contributed by atoms with van der Waals surface area (Å²) in [5.41, 5.74) is 12.7. The Morgan fingerprint density at radius 3 is 2.38 bits per heavy atom. The van der Waals surface area contributed by atoms with Crippen LogP contribution in [0.5, 0.6) is 0 Å². The lowest BCUT2D eigenvalue weighted by Gasteiger charge is -2.09. The zero-order valence-corrected chi connectivity index (χ0v) is 7.46. The van der Waals surface area contributed by atoms with Gasteiger partial charge in [0, 0.05) is 5.70 Å². The van der Waals surface area contributed by atoms with Crippen LogP contribution in [0.1, 0.15) is 6.92 Å². The summed E-state index contributed by atoms with van der Waals surface area (Å²) in [5, 5.41) is 0. The average Bonchev–Trinajstić information content (AvgIpc) is 2.04. The highest BCUT2D eigenvalue weighted by Crippen LogP contribution is 2.05. The van der Waals surface area contributed by atoms with Crippen molar-refractivity contribution in [2.24, 2.45) is 17.3 Å². The van der Waals surface area contributed by atoms with Crippen molar-refractivity contribution in [2.75, 3.05) is 6.61 Å². The maximum Gasteiger partial charge on any atom is 0.343 e. The van der Waals surface area contributed by atoms with Gasteiger partial charge in [0.2, 0.25) is 0 Å². The summed E-state index contributed by atoms with van der Waals surface area (Å²) in [7, 11) is 0. The fourth-order valence-corrected chi connectivity index (χ4v) is 0.689. The number of esters is 1. The summed E-state index contributed by atoms with van der Waals surface area (Å²) in [5.74, 6) is 4.30. The molecule has 6 nitrogen and oxygen atoms in total. The minimum atomic E-state index is -0.648. The van der Waals surface area contributed by atoms with Crippen LogP contribution in [0.2, 0.25) is 0 Å². The quantitative estimate of drug-likeness (QED) is 0.142. The number of ether oxygens (including phenoxy) is 1. The maximum atomic E-state index is 11.2. The van der Waals surface area contributed by atoms with Crippen LogP contribution in [-0.2, 0) is 9.53 Å². The van der Waals surface area contributed by atoms with Crippen LogP contribution >= 0.6 is 0 Å². The zero-order chi connectivity index (χ0) is 10.4. The average molecular weight is 186 g/mol. The van der Waals surface area contributed by atoms with E-state index in [0.717, 1.165) is 0 Å². The fraction of sp³-hybridized carbons (Fsp3) is 0.286. The van der Waals surface area contributed by atoms with Crippen molar-refractivity contribution >= 4 is 5.97 Å². The van der Waals surface area contributed by atoms with Gasteiger partial charge in [0.15, 0.2) is 0 Å². The lowest BCUT2D eigenvalue weighted by Crippen LogP contribution is -2.32. The predicted molar refractivity (Wildman–Crippen MR) is 48.5 cm³/mol. The van der Waals surface area contributed by atoms with E-state index in [1.807, 2.05) is 0 Å². The fourth-order valence-electron chi connectivity index (χ4n) is 0.689. The second-order valence-electron chi connectivity index (χ2n) is 2.18. The van der Waals surface area contributed by atoms with Gasteiger partial charge in [0.05, 0.1) is 6.61 Å². The molecule has 13 heavy (non-hydrogen) atoms. The molecule has 0 heterocycles. The molecule has 0 aliphatic heterocycles. The van der Waals surface area contributed by atoms with Crippen molar-refractivity contribution < 1.29 is 9.53 Å². The molecule has 0 saturated heterocycles. The third kappa shape index (κ3) is 3.04. The van der Waals surface area contributed by atoms with Gasteiger partial charge in [-0.3, -0.25) is 0 Å². The molecule has 0 aliphatic rings. The second-order valence-corrected chi connectivity index (χ2v) is 2.18. The Bertz CT molecular complexity index is 247. The lowest BCUT2D eigenvalue weighted by atomic mass is 10.2. The maximum absolute atomic E-state index is 11.2. The number of hydrogen-bond acceptors (Lipinski definition) is 6. The molecule has 0 rings (SSSR count). The number of hydrazine groups is 1. The molecular weight excluding hydrogens is 172 g/mol. The molecule has 7 N–H and O–H groups in total. The smallest absolute Gasteiger partial charge is 0.343 e. The molecule has 0 amide bonds. The summed E-state index contributed by atoms with van der Waals surface area (Å²) in [4.78, 5) is 11.2. The van der Waals surface area contributed by atoms with Crippen molar-refractivity contribution in [1.29, 1.82) is 0 Å². The van der Waals surface area contributed by atoms with Gasteiger partial charge in [-0.05, 0) is 6.92 Å². The monoisotopic (exact) mass is 186 g/mol. The first-order valence-corrected chi connectivity index (χ1v) is 3.62. The Hall–Kier alpha value is -1.69. The molecule has 6 heteroatoms. The molecule has 0 bridgehead atoms. The third-order valence-electron chi connectivity index (χ3n) is 1.23. The number of carbonyl (C=O) groups is 1. The lowest BCUT2D eigenvalue weighted by molar-refractivity contribution is -0.138. The van der Waals surface area contributed by atoms with E-state index in [4.69, 9.17) is 17.3 Å². The highest BCUT2D eigenvalue weighted by Gasteiger charge is 2.15. The molecule has 0 aromatic heterocycles. The minimum Gasteiger partial charge on any atom is -0.462 e. The Balaban J connectivity index is 4.82. The first-order chi connectivity index (χ1) is 6.04. The first kappa shape index (κ1) is 11.3. The van der Waals surface area contributed by atoms with Gasteiger partial charge in [-0.2, -0.15) is 0 Å². The van der Waals surface area contributed by atoms with Crippen LogP contribution in [0.25, 0.3) is 0 Å². The van der Waals surface area contributed by atoms with Crippen molar-refractivity contribution in [3.8, 4) is 0 Å². The van der Waals surface area contributed by atoms with E-state index in [2.05, 4.69) is 16.7 Å². The number of hydrogen-bond donors (Lipinski definition) is 4. The summed E-state index contributed by atoms with van der Waals surface area (Å²) in [6.45, 7) is 5.27. The van der Waals surface area contributed by atoms with Crippen LogP contribution in [0.4, 0.5) is 0 Å². The van der Waals surface area contributed by atoms with Crippen molar-refractivity contribution in [1.82, 2.24) is 5.43 Å². The largest absolute Gasteiger partial charge is 0.462 e. The van der Waals surface area contributed by atoms with Crippen molar-refractivity contribution in [3.63, 3.8) is 0 Å². The molecule has 0 fully saturated rings. The van der Waals surface area contributed by atoms with Crippen molar-refractivity contribution in [3.05, 3.63) is 23.7 Å². The minimum absolute atomic E-state index is 0.00824. The van der Waals surface area contributed by atoms with E-state index in [-0.39, 0.29) is 23.7 Å². The normalized spacial score (nSPS) is 11.5. The third-order valence-corrected chi connectivity index (χ3v) is 1.23. The van der Waals surface area contributed by atoms with Crippen LogP contribution in [0.3, 0.4) is 0 Å². The first-order valence-electron chi connectivity index (χ1n) is 3.62. The van der Waals surface area contributed by atoms with Gasteiger partial charge in [0.25, 0.3) is 0 Å². The summed E-state index contributed by atoms with van der Waals surface area (Å²) < 4.78 is 4.68. The van der Waals surface area contributed by atoms with E-state index in [9.17, 15) is 4.79 Å². The Kier molecular flexibility index (Phi) is 4.39. The molecular formula is C7H14N4O2. The van der Waals surface area contributed by atoms with E-state index in [0.29, 0.717) is 0 Å². The molecule has 0 unspecified atom stereocenters. The Morgan fingerprint density at radius 2 is 2.08 bits per heavy atom. The summed E-state index contributed by atoms with van der Waals surface area (Å²) in [6, 6.07) is 0. The van der Waals surface area contributed by atoms with Gasteiger partial charge < -0.3 is 21.6 Å². The van der Waals surface area contributed by atoms with Gasteiger partial charge in [-0.1, -0.05) is 6.58 Å². The summed E-state index contributed by atoms with van der Waals surface area (Å²) >= 11 is 0. The Labute approximate surface area is 76.4 Å². The topological polar surface area (TPSA) is 116 Å². The molecule has 74 valence electrons. The predicted octanol–water partition coefficient (Wildman–Crippen LogP) is -1.34. The summed E-state index contributed by atoms with van der Waals surface area (Å²) in [6.07, 6.45) is 0. The second kappa shape index (κ2) is 5.04. The van der Waals surface area contributed by atoms with E-state index >= 15 is 0 Å². The highest BCUT2D eigenvalue weighted by molar-refractivity contribution is 5.93.